The third-order valence-electron chi connectivity index (χ3n) is 3.55. The molecule has 0 bridgehead atoms. The Bertz CT molecular complexity index is 415. The second-order valence-electron chi connectivity index (χ2n) is 4.39. The van der Waals surface area contributed by atoms with Crippen LogP contribution in [0.1, 0.15) is 41.5 Å². The number of nitrogens with one attached hydrogen (secondary N) is 1. The average molecular weight is 206 g/mol. The summed E-state index contributed by atoms with van der Waals surface area (Å²) in [5.74, 6) is 0. The summed E-state index contributed by atoms with van der Waals surface area (Å²) in [5.41, 5.74) is 5.48. The fourth-order valence-electron chi connectivity index (χ4n) is 2.87. The van der Waals surface area contributed by atoms with Gasteiger partial charge in [0.2, 0.25) is 0 Å². The van der Waals surface area contributed by atoms with Crippen LogP contribution in [-0.4, -0.2) is 12.0 Å². The first-order valence-electron chi connectivity index (χ1n) is 5.67. The summed E-state index contributed by atoms with van der Waals surface area (Å²) < 4.78 is 13.6. The molecule has 0 fully saturated rings. The van der Waals surface area contributed by atoms with E-state index in [0.717, 1.165) is 36.9 Å². The van der Waals surface area contributed by atoms with Crippen molar-refractivity contribution in [1.82, 2.24) is 4.98 Å². The van der Waals surface area contributed by atoms with Gasteiger partial charge in [0, 0.05) is 24.0 Å². The highest BCUT2D eigenvalue weighted by molar-refractivity contribution is 5.63. The highest BCUT2D eigenvalue weighted by Gasteiger charge is 2.30. The zero-order valence-electron chi connectivity index (χ0n) is 8.94. The van der Waals surface area contributed by atoms with Gasteiger partial charge in [0.1, 0.15) is 6.17 Å². The minimum absolute atomic E-state index is 0.611. The highest BCUT2D eigenvalue weighted by Crippen LogP contribution is 2.41. The van der Waals surface area contributed by atoms with Crippen LogP contribution in [0.2, 0.25) is 0 Å². The number of anilines is 1. The van der Waals surface area contributed by atoms with E-state index in [1.165, 1.54) is 11.3 Å². The molecule has 0 amide bonds. The molecular formula is C12H15FN2. The van der Waals surface area contributed by atoms with E-state index in [9.17, 15) is 4.39 Å². The Balaban J connectivity index is 2.23. The SMILES string of the molecule is CNc1c2c(nc3c1CCC3F)CCC2. The van der Waals surface area contributed by atoms with E-state index in [1.807, 2.05) is 7.05 Å². The van der Waals surface area contributed by atoms with Crippen LogP contribution in [0.4, 0.5) is 10.1 Å². The summed E-state index contributed by atoms with van der Waals surface area (Å²) in [7, 11) is 1.93. The number of hydrogen-bond donors (Lipinski definition) is 1. The summed E-state index contributed by atoms with van der Waals surface area (Å²) in [6, 6.07) is 0. The van der Waals surface area contributed by atoms with Crippen LogP contribution in [0.3, 0.4) is 0 Å². The molecule has 2 aliphatic carbocycles. The molecule has 0 aliphatic heterocycles. The number of halogens is 1. The molecule has 80 valence electrons. The smallest absolute Gasteiger partial charge is 0.143 e. The summed E-state index contributed by atoms with van der Waals surface area (Å²) in [5, 5.41) is 3.24. The van der Waals surface area contributed by atoms with Gasteiger partial charge >= 0.3 is 0 Å². The first kappa shape index (κ1) is 9.13. The van der Waals surface area contributed by atoms with Crippen LogP contribution in [0, 0.1) is 0 Å². The molecule has 3 rings (SSSR count). The van der Waals surface area contributed by atoms with Crippen molar-refractivity contribution in [2.24, 2.45) is 0 Å². The maximum absolute atomic E-state index is 13.6. The summed E-state index contributed by atoms with van der Waals surface area (Å²) in [4.78, 5) is 4.51. The van der Waals surface area contributed by atoms with Crippen molar-refractivity contribution in [3.05, 3.63) is 22.5 Å². The molecule has 1 atom stereocenters. The second-order valence-corrected chi connectivity index (χ2v) is 4.39. The van der Waals surface area contributed by atoms with Gasteiger partial charge in [-0.05, 0) is 37.7 Å². The Labute approximate surface area is 88.9 Å². The van der Waals surface area contributed by atoms with Gasteiger partial charge in [0.15, 0.2) is 0 Å². The number of hydrogen-bond acceptors (Lipinski definition) is 2. The topological polar surface area (TPSA) is 24.9 Å². The molecule has 3 heteroatoms. The fraction of sp³-hybridized carbons (Fsp3) is 0.583. The predicted octanol–water partition coefficient (Wildman–Crippen LogP) is 2.57. The number of aryl methyl sites for hydroxylation is 1. The van der Waals surface area contributed by atoms with E-state index < -0.39 is 6.17 Å². The van der Waals surface area contributed by atoms with Crippen molar-refractivity contribution < 1.29 is 4.39 Å². The molecule has 1 aromatic heterocycles. The molecule has 0 saturated carbocycles. The van der Waals surface area contributed by atoms with Crippen molar-refractivity contribution >= 4 is 5.69 Å². The van der Waals surface area contributed by atoms with Gasteiger partial charge < -0.3 is 5.32 Å². The predicted molar refractivity (Wildman–Crippen MR) is 58.0 cm³/mol. The van der Waals surface area contributed by atoms with Gasteiger partial charge in [-0.25, -0.2) is 4.39 Å². The fourth-order valence-corrected chi connectivity index (χ4v) is 2.87. The van der Waals surface area contributed by atoms with Crippen LogP contribution in [0.15, 0.2) is 0 Å². The van der Waals surface area contributed by atoms with Crippen molar-refractivity contribution in [3.8, 4) is 0 Å². The third kappa shape index (κ3) is 1.18. The molecular weight excluding hydrogens is 191 g/mol. The van der Waals surface area contributed by atoms with Gasteiger partial charge in [-0.1, -0.05) is 0 Å². The maximum atomic E-state index is 13.6. The lowest BCUT2D eigenvalue weighted by Gasteiger charge is -2.13. The van der Waals surface area contributed by atoms with E-state index >= 15 is 0 Å². The Hall–Kier alpha value is -1.12. The van der Waals surface area contributed by atoms with E-state index in [4.69, 9.17) is 0 Å². The van der Waals surface area contributed by atoms with E-state index in [0.29, 0.717) is 12.1 Å². The van der Waals surface area contributed by atoms with E-state index in [1.54, 1.807) is 0 Å². The van der Waals surface area contributed by atoms with Crippen LogP contribution in [0.5, 0.6) is 0 Å². The van der Waals surface area contributed by atoms with Gasteiger partial charge in [-0.15, -0.1) is 0 Å². The van der Waals surface area contributed by atoms with Crippen LogP contribution in [0.25, 0.3) is 0 Å². The van der Waals surface area contributed by atoms with E-state index in [2.05, 4.69) is 10.3 Å². The lowest BCUT2D eigenvalue weighted by molar-refractivity contribution is 0.337. The van der Waals surface area contributed by atoms with Gasteiger partial charge in [-0.3, -0.25) is 4.98 Å². The molecule has 2 aliphatic rings. The second kappa shape index (κ2) is 3.19. The molecule has 0 saturated heterocycles. The number of nitrogens with zero attached hydrogens (tertiary/aromatic N) is 1. The lowest BCUT2D eigenvalue weighted by atomic mass is 10.1. The molecule has 2 nitrogen and oxygen atoms in total. The Morgan fingerprint density at radius 2 is 2.13 bits per heavy atom. The van der Waals surface area contributed by atoms with E-state index in [-0.39, 0.29) is 0 Å². The Kier molecular flexibility index (Phi) is 1.94. The maximum Gasteiger partial charge on any atom is 0.143 e. The van der Waals surface area contributed by atoms with Gasteiger partial charge in [-0.2, -0.15) is 0 Å². The molecule has 1 unspecified atom stereocenters. The molecule has 1 aromatic rings. The number of fused-ring (bicyclic) bond motifs is 2. The van der Waals surface area contributed by atoms with Crippen molar-refractivity contribution in [3.63, 3.8) is 0 Å². The van der Waals surface area contributed by atoms with Gasteiger partial charge in [0.05, 0.1) is 5.69 Å². The normalized spacial score (nSPS) is 22.7. The van der Waals surface area contributed by atoms with Crippen LogP contribution < -0.4 is 5.32 Å². The monoisotopic (exact) mass is 206 g/mol. The van der Waals surface area contributed by atoms with Crippen molar-refractivity contribution in [1.29, 1.82) is 0 Å². The molecule has 0 aromatic carbocycles. The Morgan fingerprint density at radius 3 is 2.93 bits per heavy atom. The number of alkyl halides is 1. The number of pyridine rings is 1. The zero-order valence-corrected chi connectivity index (χ0v) is 8.94. The third-order valence-corrected chi connectivity index (χ3v) is 3.55. The summed E-state index contributed by atoms with van der Waals surface area (Å²) >= 11 is 0. The summed E-state index contributed by atoms with van der Waals surface area (Å²) in [6.07, 6.45) is 3.90. The molecule has 0 radical (unpaired) electrons. The van der Waals surface area contributed by atoms with Gasteiger partial charge in [0.25, 0.3) is 0 Å². The first-order chi connectivity index (χ1) is 7.31. The molecule has 1 N–H and O–H groups in total. The zero-order chi connectivity index (χ0) is 10.4. The quantitative estimate of drug-likeness (QED) is 0.763. The number of aromatic nitrogens is 1. The standard InChI is InChI=1S/C12H15FN2/c1-14-11-7-3-2-4-10(7)15-12-8(11)5-6-9(12)13/h9H,2-6H2,1H3,(H,14,15). The first-order valence-corrected chi connectivity index (χ1v) is 5.67. The average Bonchev–Trinajstić information content (AvgIpc) is 2.83. The highest BCUT2D eigenvalue weighted by atomic mass is 19.1. The Morgan fingerprint density at radius 1 is 1.27 bits per heavy atom. The van der Waals surface area contributed by atoms with Crippen LogP contribution in [-0.2, 0) is 19.3 Å². The summed E-state index contributed by atoms with van der Waals surface area (Å²) in [6.45, 7) is 0. The minimum Gasteiger partial charge on any atom is -0.388 e. The largest absolute Gasteiger partial charge is 0.388 e. The number of rotatable bonds is 1. The molecule has 15 heavy (non-hydrogen) atoms. The molecule has 0 spiro atoms. The van der Waals surface area contributed by atoms with Crippen molar-refractivity contribution in [2.75, 3.05) is 12.4 Å². The lowest BCUT2D eigenvalue weighted by Crippen LogP contribution is -2.04. The molecule has 1 heterocycles. The van der Waals surface area contributed by atoms with Crippen LogP contribution >= 0.6 is 0 Å². The minimum atomic E-state index is -0.835. The van der Waals surface area contributed by atoms with Crippen molar-refractivity contribution in [2.45, 2.75) is 38.3 Å².